The molecule has 0 heterocycles. The quantitative estimate of drug-likeness (QED) is 0.223. The van der Waals surface area contributed by atoms with Gasteiger partial charge >= 0.3 is 10.2 Å². The number of nitrogens with zero attached hydrogens (tertiary/aromatic N) is 2. The summed E-state index contributed by atoms with van der Waals surface area (Å²) < 4.78 is 76.1. The monoisotopic (exact) mass is 413 g/mol. The van der Waals surface area contributed by atoms with Crippen LogP contribution in [0.2, 0.25) is 0 Å². The van der Waals surface area contributed by atoms with Gasteiger partial charge in [-0.2, -0.15) is 5.26 Å². The van der Waals surface area contributed by atoms with Crippen LogP contribution in [0.15, 0.2) is 26.5 Å². The number of halogens is 7. The molecule has 12 heteroatoms. The minimum atomic E-state index is -10.1. The van der Waals surface area contributed by atoms with E-state index in [0.717, 1.165) is 11.8 Å². The molecule has 0 unspecified atom stereocenters. The van der Waals surface area contributed by atoms with Crippen molar-refractivity contribution in [2.45, 2.75) is 4.90 Å². The van der Waals surface area contributed by atoms with Crippen molar-refractivity contribution in [2.24, 2.45) is 4.99 Å². The first-order valence-corrected chi connectivity index (χ1v) is 8.76. The van der Waals surface area contributed by atoms with Crippen molar-refractivity contribution in [1.82, 2.24) is 5.32 Å². The molecular formula is C9H6BrF6N3S2. The summed E-state index contributed by atoms with van der Waals surface area (Å²) in [5.74, 6) is -1.54. The third kappa shape index (κ3) is 4.72. The first-order chi connectivity index (χ1) is 9.28. The van der Waals surface area contributed by atoms with Crippen molar-refractivity contribution >= 4 is 48.8 Å². The van der Waals surface area contributed by atoms with Crippen LogP contribution in [-0.4, -0.2) is 11.4 Å². The van der Waals surface area contributed by atoms with Gasteiger partial charge in [-0.15, -0.1) is 0 Å². The van der Waals surface area contributed by atoms with Gasteiger partial charge in [0, 0.05) is 6.07 Å². The predicted molar refractivity (Wildman–Crippen MR) is 74.9 cm³/mol. The molecule has 1 rings (SSSR count). The molecule has 0 aromatic heterocycles. The van der Waals surface area contributed by atoms with E-state index >= 15 is 0 Å². The van der Waals surface area contributed by atoms with Gasteiger partial charge in [-0.1, -0.05) is 31.2 Å². The summed E-state index contributed by atoms with van der Waals surface area (Å²) in [6.07, 6.45) is 2.89. The lowest BCUT2D eigenvalue weighted by Crippen LogP contribution is -2.12. The van der Waals surface area contributed by atoms with E-state index < -0.39 is 31.1 Å². The van der Waals surface area contributed by atoms with Gasteiger partial charge < -0.3 is 0 Å². The summed E-state index contributed by atoms with van der Waals surface area (Å²) in [5, 5.41) is 10.2. The number of hydrogen-bond acceptors (Lipinski definition) is 3. The highest BCUT2D eigenvalue weighted by atomic mass is 79.9. The van der Waals surface area contributed by atoms with Crippen LogP contribution >= 0.6 is 37.9 Å². The highest BCUT2D eigenvalue weighted by Gasteiger charge is 2.67. The van der Waals surface area contributed by atoms with Crippen molar-refractivity contribution < 1.29 is 23.8 Å². The molecule has 3 nitrogen and oxygen atoms in total. The number of nitriles is 1. The molecule has 0 aliphatic heterocycles. The molecule has 1 aromatic carbocycles. The summed E-state index contributed by atoms with van der Waals surface area (Å²) in [7, 11) is -10.1. The molecular weight excluding hydrogens is 408 g/mol. The van der Waals surface area contributed by atoms with Crippen LogP contribution in [0.5, 0.6) is 0 Å². The SMILES string of the molecule is CSC(=Nc1cc(F)c(Br)c(S(F)(F)(F)(F)F)c1)NC#N. The van der Waals surface area contributed by atoms with Crippen molar-refractivity contribution in [3.05, 3.63) is 22.4 Å². The molecule has 0 fully saturated rings. The normalized spacial score (nSPS) is 15.9. The molecule has 0 atom stereocenters. The molecule has 0 aliphatic rings. The minimum absolute atomic E-state index is 0.0179. The van der Waals surface area contributed by atoms with E-state index in [1.54, 1.807) is 0 Å². The van der Waals surface area contributed by atoms with Crippen LogP contribution < -0.4 is 5.32 Å². The number of nitrogens with one attached hydrogen (secondary N) is 1. The van der Waals surface area contributed by atoms with Gasteiger partial charge in [0.1, 0.15) is 10.7 Å². The van der Waals surface area contributed by atoms with Gasteiger partial charge in [0.2, 0.25) is 0 Å². The minimum Gasteiger partial charge on any atom is -0.271 e. The van der Waals surface area contributed by atoms with Crippen molar-refractivity contribution in [1.29, 1.82) is 5.26 Å². The molecule has 0 bridgehead atoms. The van der Waals surface area contributed by atoms with Crippen molar-refractivity contribution in [3.8, 4) is 6.19 Å². The molecule has 0 radical (unpaired) electrons. The summed E-state index contributed by atoms with van der Waals surface area (Å²) in [6.45, 7) is 0. The van der Waals surface area contributed by atoms with Crippen molar-refractivity contribution in [3.63, 3.8) is 0 Å². The Morgan fingerprint density at radius 3 is 2.33 bits per heavy atom. The van der Waals surface area contributed by atoms with Crippen LogP contribution in [0.3, 0.4) is 0 Å². The Morgan fingerprint density at radius 1 is 1.33 bits per heavy atom. The Hall–Kier alpha value is -1.06. The lowest BCUT2D eigenvalue weighted by atomic mass is 10.3. The van der Waals surface area contributed by atoms with E-state index in [0.29, 0.717) is 6.07 Å². The predicted octanol–water partition coefficient (Wildman–Crippen LogP) is 5.67. The maximum atomic E-state index is 13.4. The van der Waals surface area contributed by atoms with E-state index in [-0.39, 0.29) is 11.2 Å². The standard InChI is InChI=1S/C9H6BrF6N3S2/c1-20-9(18-4-17)19-5-2-6(11)8(10)7(3-5)21(12,13,14,15)16/h2-3H,1H3,(H,18,19). The molecule has 118 valence electrons. The van der Waals surface area contributed by atoms with E-state index in [4.69, 9.17) is 5.26 Å². The molecule has 1 N–H and O–H groups in total. The molecule has 0 aliphatic carbocycles. The van der Waals surface area contributed by atoms with Gasteiger partial charge in [-0.25, -0.2) is 9.38 Å². The fourth-order valence-corrected chi connectivity index (χ4v) is 3.46. The van der Waals surface area contributed by atoms with Gasteiger partial charge in [0.25, 0.3) is 0 Å². The number of amidine groups is 1. The van der Waals surface area contributed by atoms with Crippen molar-refractivity contribution in [2.75, 3.05) is 6.26 Å². The Balaban J connectivity index is 3.57. The Morgan fingerprint density at radius 2 is 1.90 bits per heavy atom. The molecule has 21 heavy (non-hydrogen) atoms. The zero-order chi connectivity index (χ0) is 16.5. The zero-order valence-electron chi connectivity index (χ0n) is 10.0. The van der Waals surface area contributed by atoms with Gasteiger partial charge in [-0.05, 0) is 28.3 Å². The Labute approximate surface area is 128 Å². The first-order valence-electron chi connectivity index (χ1n) is 4.79. The molecule has 1 aromatic rings. The smallest absolute Gasteiger partial charge is 0.271 e. The summed E-state index contributed by atoms with van der Waals surface area (Å²) in [4.78, 5) is 1.06. The highest BCUT2D eigenvalue weighted by molar-refractivity contribution is 9.10. The van der Waals surface area contributed by atoms with Crippen LogP contribution in [0.4, 0.5) is 29.5 Å². The fourth-order valence-electron chi connectivity index (χ4n) is 1.19. The van der Waals surface area contributed by atoms with E-state index in [2.05, 4.69) is 20.9 Å². The number of benzene rings is 1. The second kappa shape index (κ2) is 4.99. The second-order valence-electron chi connectivity index (χ2n) is 3.57. The number of hydrogen-bond donors (Lipinski definition) is 1. The number of rotatable bonds is 2. The third-order valence-electron chi connectivity index (χ3n) is 1.98. The summed E-state index contributed by atoms with van der Waals surface area (Å²) >= 11 is 3.00. The average molecular weight is 414 g/mol. The van der Waals surface area contributed by atoms with Gasteiger partial charge in [0.15, 0.2) is 11.4 Å². The summed E-state index contributed by atoms with van der Waals surface area (Å²) in [5.41, 5.74) is -0.703. The van der Waals surface area contributed by atoms with Crippen LogP contribution in [0.25, 0.3) is 0 Å². The second-order valence-corrected chi connectivity index (χ2v) is 7.53. The highest BCUT2D eigenvalue weighted by Crippen LogP contribution is 3.02. The number of thioether (sulfide) groups is 1. The largest absolute Gasteiger partial charge is 0.311 e. The number of aliphatic imine (C=N–C) groups is 1. The van der Waals surface area contributed by atoms with Crippen LogP contribution in [0.1, 0.15) is 0 Å². The Kier molecular flexibility index (Phi) is 4.28. The van der Waals surface area contributed by atoms with Crippen LogP contribution in [-0.2, 0) is 0 Å². The lowest BCUT2D eigenvalue weighted by Gasteiger charge is -2.41. The lowest BCUT2D eigenvalue weighted by molar-refractivity contribution is 0.362. The molecule has 0 amide bonds. The molecule has 0 saturated heterocycles. The topological polar surface area (TPSA) is 48.2 Å². The molecule has 0 spiro atoms. The first kappa shape index (κ1) is 18.0. The van der Waals surface area contributed by atoms with Gasteiger partial charge in [-0.3, -0.25) is 5.32 Å². The average Bonchev–Trinajstić information content (AvgIpc) is 2.29. The van der Waals surface area contributed by atoms with Crippen LogP contribution in [0, 0.1) is 17.3 Å². The summed E-state index contributed by atoms with van der Waals surface area (Å²) in [6, 6.07) is 0.552. The van der Waals surface area contributed by atoms with E-state index in [1.165, 1.54) is 12.4 Å². The zero-order valence-corrected chi connectivity index (χ0v) is 13.2. The third-order valence-corrected chi connectivity index (χ3v) is 4.78. The Bertz CT molecular complexity index is 652. The van der Waals surface area contributed by atoms with E-state index in [1.807, 2.05) is 5.32 Å². The maximum Gasteiger partial charge on any atom is 0.311 e. The molecule has 0 saturated carbocycles. The maximum absolute atomic E-state index is 13.4. The van der Waals surface area contributed by atoms with Gasteiger partial charge in [0.05, 0.1) is 10.2 Å². The fraction of sp³-hybridized carbons (Fsp3) is 0.111. The van der Waals surface area contributed by atoms with E-state index in [9.17, 15) is 23.8 Å².